The Morgan fingerprint density at radius 1 is 0.194 bits per heavy atom. The van der Waals surface area contributed by atoms with Crippen LogP contribution in [-0.2, 0) is 0 Å². The van der Waals surface area contributed by atoms with Gasteiger partial charge >= 0.3 is 0 Å². The average Bonchev–Trinajstić information content (AvgIpc) is 3.37. The Balaban J connectivity index is 1.31. The van der Waals surface area contributed by atoms with Crippen LogP contribution in [0.15, 0.2) is 231 Å². The van der Waals surface area contributed by atoms with Gasteiger partial charge in [-0.3, -0.25) is 0 Å². The van der Waals surface area contributed by atoms with E-state index in [1.165, 1.54) is 0 Å². The SMILES string of the molecule is c1ccc(C(=C(c2ccccc2)c2cc(-c3nc(-c4ccccc4)nc(-c4ccccc4)n3)cc(-c3nc(-c4ccccc4)nc(-c4ccccc4)n3)c2)c2ccccc2)cc1. The molecule has 0 N–H and O–H groups in total. The molecule has 0 atom stereocenters. The Labute approximate surface area is 360 Å². The highest BCUT2D eigenvalue weighted by Crippen LogP contribution is 2.40. The lowest BCUT2D eigenvalue weighted by Crippen LogP contribution is -2.03. The first kappa shape index (κ1) is 37.8. The van der Waals surface area contributed by atoms with Gasteiger partial charge < -0.3 is 0 Å². The van der Waals surface area contributed by atoms with Crippen LogP contribution in [0.1, 0.15) is 22.3 Å². The number of hydrogen-bond donors (Lipinski definition) is 0. The van der Waals surface area contributed by atoms with Crippen LogP contribution in [0.4, 0.5) is 0 Å². The zero-order valence-corrected chi connectivity index (χ0v) is 33.6. The third kappa shape index (κ3) is 8.09. The van der Waals surface area contributed by atoms with Crippen molar-refractivity contribution in [1.82, 2.24) is 29.9 Å². The fourth-order valence-corrected chi connectivity index (χ4v) is 7.63. The number of aromatic nitrogens is 6. The van der Waals surface area contributed by atoms with Gasteiger partial charge in [-0.05, 0) is 51.6 Å². The van der Waals surface area contributed by atoms with Crippen molar-refractivity contribution in [3.63, 3.8) is 0 Å². The molecule has 0 saturated heterocycles. The minimum Gasteiger partial charge on any atom is -0.208 e. The van der Waals surface area contributed by atoms with Crippen molar-refractivity contribution >= 4 is 11.1 Å². The van der Waals surface area contributed by atoms with E-state index in [-0.39, 0.29) is 0 Å². The Morgan fingerprint density at radius 3 is 0.661 bits per heavy atom. The van der Waals surface area contributed by atoms with Crippen molar-refractivity contribution in [3.8, 4) is 68.3 Å². The molecule has 6 heteroatoms. The van der Waals surface area contributed by atoms with Gasteiger partial charge in [0.15, 0.2) is 34.9 Å². The first-order valence-corrected chi connectivity index (χ1v) is 20.5. The second-order valence-electron chi connectivity index (χ2n) is 14.7. The van der Waals surface area contributed by atoms with Crippen molar-refractivity contribution in [2.75, 3.05) is 0 Å². The molecule has 0 spiro atoms. The third-order valence-electron chi connectivity index (χ3n) is 10.6. The summed E-state index contributed by atoms with van der Waals surface area (Å²) in [6, 6.07) is 78.4. The number of rotatable bonds is 10. The maximum absolute atomic E-state index is 5.21. The lowest BCUT2D eigenvalue weighted by Gasteiger charge is -2.20. The Hall–Kier alpha value is -8.48. The van der Waals surface area contributed by atoms with Gasteiger partial charge in [0.2, 0.25) is 0 Å². The minimum atomic E-state index is 0.523. The summed E-state index contributed by atoms with van der Waals surface area (Å²) in [4.78, 5) is 30.9. The molecular weight excluding hydrogens is 757 g/mol. The summed E-state index contributed by atoms with van der Waals surface area (Å²) in [6.07, 6.45) is 0. The van der Waals surface area contributed by atoms with Crippen LogP contribution in [0, 0.1) is 0 Å². The smallest absolute Gasteiger partial charge is 0.164 e. The first-order valence-electron chi connectivity index (χ1n) is 20.5. The van der Waals surface area contributed by atoms with E-state index in [1.54, 1.807) is 0 Å². The first-order chi connectivity index (χ1) is 30.7. The molecule has 0 bridgehead atoms. The average molecular weight is 795 g/mol. The van der Waals surface area contributed by atoms with E-state index in [0.717, 1.165) is 66.8 Å². The molecular formula is C56H38N6. The van der Waals surface area contributed by atoms with E-state index in [4.69, 9.17) is 29.9 Å². The lowest BCUT2D eigenvalue weighted by molar-refractivity contribution is 1.07. The van der Waals surface area contributed by atoms with Gasteiger partial charge in [-0.2, -0.15) is 0 Å². The Morgan fingerprint density at radius 2 is 0.403 bits per heavy atom. The van der Waals surface area contributed by atoms with Crippen molar-refractivity contribution in [1.29, 1.82) is 0 Å². The minimum absolute atomic E-state index is 0.523. The van der Waals surface area contributed by atoms with Gasteiger partial charge in [0, 0.05) is 33.4 Å². The standard InChI is InChI=1S/C56H38N6/c1-8-22-39(23-9-1)49(40-24-10-2-11-25-40)50(41-26-12-3-13-27-41)46-36-47(55-59-51(42-28-14-4-15-29-42)57-52(60-55)43-30-16-5-17-31-43)38-48(37-46)56-61-53(44-32-18-6-19-33-44)58-54(62-56)45-34-20-7-21-35-45/h1-38H. The van der Waals surface area contributed by atoms with Crippen LogP contribution >= 0.6 is 0 Å². The molecule has 0 amide bonds. The maximum atomic E-state index is 5.21. The van der Waals surface area contributed by atoms with Crippen LogP contribution in [0.3, 0.4) is 0 Å². The summed E-state index contributed by atoms with van der Waals surface area (Å²) in [7, 11) is 0. The van der Waals surface area contributed by atoms with Crippen LogP contribution < -0.4 is 0 Å². The van der Waals surface area contributed by atoms with E-state index < -0.39 is 0 Å². The predicted octanol–water partition coefficient (Wildman–Crippen LogP) is 13.1. The zero-order valence-electron chi connectivity index (χ0n) is 33.6. The second-order valence-corrected chi connectivity index (χ2v) is 14.7. The molecule has 0 aliphatic rings. The lowest BCUT2D eigenvalue weighted by atomic mass is 9.84. The molecule has 6 nitrogen and oxygen atoms in total. The largest absolute Gasteiger partial charge is 0.208 e. The van der Waals surface area contributed by atoms with Crippen LogP contribution in [-0.4, -0.2) is 29.9 Å². The zero-order chi connectivity index (χ0) is 41.5. The van der Waals surface area contributed by atoms with Gasteiger partial charge in [-0.15, -0.1) is 0 Å². The van der Waals surface area contributed by atoms with Crippen LogP contribution in [0.25, 0.3) is 79.5 Å². The Kier molecular flexibility index (Phi) is 10.6. The molecule has 0 unspecified atom stereocenters. The monoisotopic (exact) mass is 794 g/mol. The topological polar surface area (TPSA) is 77.3 Å². The van der Waals surface area contributed by atoms with Gasteiger partial charge in [-0.1, -0.05) is 212 Å². The van der Waals surface area contributed by atoms with E-state index in [1.807, 2.05) is 121 Å². The molecule has 292 valence electrons. The third-order valence-corrected chi connectivity index (χ3v) is 10.6. The van der Waals surface area contributed by atoms with E-state index in [0.29, 0.717) is 34.9 Å². The van der Waals surface area contributed by atoms with Crippen LogP contribution in [0.2, 0.25) is 0 Å². The molecule has 10 aromatic rings. The molecule has 8 aromatic carbocycles. The van der Waals surface area contributed by atoms with E-state index in [9.17, 15) is 0 Å². The highest BCUT2D eigenvalue weighted by atomic mass is 15.0. The van der Waals surface area contributed by atoms with Crippen molar-refractivity contribution < 1.29 is 0 Å². The van der Waals surface area contributed by atoms with Crippen LogP contribution in [0.5, 0.6) is 0 Å². The molecule has 0 aliphatic carbocycles. The van der Waals surface area contributed by atoms with Gasteiger partial charge in [-0.25, -0.2) is 29.9 Å². The highest BCUT2D eigenvalue weighted by Gasteiger charge is 2.22. The maximum Gasteiger partial charge on any atom is 0.164 e. The molecule has 10 rings (SSSR count). The quantitative estimate of drug-likeness (QED) is 0.128. The van der Waals surface area contributed by atoms with Gasteiger partial charge in [0.05, 0.1) is 0 Å². The van der Waals surface area contributed by atoms with Gasteiger partial charge in [0.1, 0.15) is 0 Å². The normalized spacial score (nSPS) is 10.9. The van der Waals surface area contributed by atoms with Crippen molar-refractivity contribution in [2.24, 2.45) is 0 Å². The molecule has 0 aliphatic heterocycles. The fraction of sp³-hybridized carbons (Fsp3) is 0. The molecule has 0 fully saturated rings. The van der Waals surface area contributed by atoms with Crippen molar-refractivity contribution in [3.05, 3.63) is 253 Å². The molecule has 2 aromatic heterocycles. The van der Waals surface area contributed by atoms with Crippen molar-refractivity contribution in [2.45, 2.75) is 0 Å². The fourth-order valence-electron chi connectivity index (χ4n) is 7.63. The summed E-state index contributed by atoms with van der Waals surface area (Å²) in [5.41, 5.74) is 11.4. The summed E-state index contributed by atoms with van der Waals surface area (Å²) in [6.45, 7) is 0. The van der Waals surface area contributed by atoms with E-state index in [2.05, 4.69) is 109 Å². The molecule has 0 saturated carbocycles. The number of benzene rings is 8. The van der Waals surface area contributed by atoms with Gasteiger partial charge in [0.25, 0.3) is 0 Å². The number of nitrogens with zero attached hydrogens (tertiary/aromatic N) is 6. The highest BCUT2D eigenvalue weighted by molar-refractivity contribution is 6.05. The van der Waals surface area contributed by atoms with E-state index >= 15 is 0 Å². The number of hydrogen-bond acceptors (Lipinski definition) is 6. The predicted molar refractivity (Wildman–Crippen MR) is 250 cm³/mol. The second kappa shape index (κ2) is 17.4. The molecule has 62 heavy (non-hydrogen) atoms. The Bertz CT molecular complexity index is 2820. The summed E-state index contributed by atoms with van der Waals surface area (Å²) in [5, 5.41) is 0. The summed E-state index contributed by atoms with van der Waals surface area (Å²) >= 11 is 0. The molecule has 0 radical (unpaired) electrons. The molecule has 2 heterocycles. The summed E-state index contributed by atoms with van der Waals surface area (Å²) < 4.78 is 0. The summed E-state index contributed by atoms with van der Waals surface area (Å²) in [5.74, 6) is 3.35.